The summed E-state index contributed by atoms with van der Waals surface area (Å²) in [6.07, 6.45) is 2.81. The molecule has 76 valence electrons. The molecule has 1 aliphatic carbocycles. The minimum atomic E-state index is 0.481. The summed E-state index contributed by atoms with van der Waals surface area (Å²) in [5, 5.41) is 3.75. The fourth-order valence-corrected chi connectivity index (χ4v) is 3.16. The second-order valence-electron chi connectivity index (χ2n) is 6.55. The Labute approximate surface area is 82.3 Å². The van der Waals surface area contributed by atoms with Crippen molar-refractivity contribution < 1.29 is 0 Å². The Bertz CT molecular complexity index is 216. The first-order chi connectivity index (χ1) is 5.81. The maximum Gasteiger partial charge on any atom is 0.0216 e. The molecule has 2 heterocycles. The monoisotopic (exact) mass is 181 g/mol. The Morgan fingerprint density at radius 2 is 1.69 bits per heavy atom. The molecule has 0 atom stereocenters. The zero-order valence-corrected chi connectivity index (χ0v) is 9.70. The van der Waals surface area contributed by atoms with Crippen molar-refractivity contribution in [1.82, 2.24) is 5.32 Å². The summed E-state index contributed by atoms with van der Waals surface area (Å²) in [5.41, 5.74) is 1.60. The van der Waals surface area contributed by atoms with E-state index in [0.717, 1.165) is 5.92 Å². The van der Waals surface area contributed by atoms with E-state index in [4.69, 9.17) is 0 Å². The predicted octanol–water partition coefficient (Wildman–Crippen LogP) is 2.81. The number of fused-ring (bicyclic) bond motifs is 1. The Morgan fingerprint density at radius 3 is 1.92 bits per heavy atom. The molecule has 0 radical (unpaired) electrons. The van der Waals surface area contributed by atoms with Gasteiger partial charge in [0.15, 0.2) is 0 Å². The minimum Gasteiger partial charge on any atom is -0.310 e. The highest BCUT2D eigenvalue weighted by molar-refractivity contribution is 5.21. The van der Waals surface area contributed by atoms with Gasteiger partial charge in [0.1, 0.15) is 0 Å². The van der Waals surface area contributed by atoms with Crippen molar-refractivity contribution in [2.24, 2.45) is 16.7 Å². The summed E-state index contributed by atoms with van der Waals surface area (Å²) < 4.78 is 0. The van der Waals surface area contributed by atoms with Crippen LogP contribution in [-0.2, 0) is 0 Å². The smallest absolute Gasteiger partial charge is 0.0216 e. The highest BCUT2D eigenvalue weighted by atomic mass is 15.1. The summed E-state index contributed by atoms with van der Waals surface area (Å²) in [5.74, 6) is 0.797. The first-order valence-electron chi connectivity index (χ1n) is 5.56. The average molecular weight is 181 g/mol. The zero-order chi connectivity index (χ0) is 9.91. The molecule has 2 bridgehead atoms. The summed E-state index contributed by atoms with van der Waals surface area (Å²) in [4.78, 5) is 0. The Balaban J connectivity index is 2.15. The van der Waals surface area contributed by atoms with Crippen molar-refractivity contribution in [2.45, 2.75) is 53.0 Å². The molecule has 0 aromatic heterocycles. The molecule has 3 rings (SSSR count). The van der Waals surface area contributed by atoms with Gasteiger partial charge in [-0.3, -0.25) is 0 Å². The first-order valence-corrected chi connectivity index (χ1v) is 5.56. The third kappa shape index (κ3) is 1.03. The van der Waals surface area contributed by atoms with Gasteiger partial charge in [-0.05, 0) is 29.6 Å². The maximum absolute atomic E-state index is 3.75. The van der Waals surface area contributed by atoms with E-state index in [1.54, 1.807) is 0 Å². The number of nitrogens with one attached hydrogen (secondary N) is 1. The van der Waals surface area contributed by atoms with Crippen molar-refractivity contribution in [3.8, 4) is 0 Å². The maximum atomic E-state index is 3.75. The van der Waals surface area contributed by atoms with Crippen molar-refractivity contribution in [3.05, 3.63) is 0 Å². The third-order valence-electron chi connectivity index (χ3n) is 4.78. The lowest BCUT2D eigenvalue weighted by molar-refractivity contribution is -0.0187. The largest absolute Gasteiger partial charge is 0.310 e. The van der Waals surface area contributed by atoms with Crippen LogP contribution in [0.15, 0.2) is 0 Å². The van der Waals surface area contributed by atoms with E-state index in [1.165, 1.54) is 19.4 Å². The summed E-state index contributed by atoms with van der Waals surface area (Å²) >= 11 is 0. The van der Waals surface area contributed by atoms with Gasteiger partial charge in [-0.2, -0.15) is 0 Å². The molecule has 0 aromatic carbocycles. The quantitative estimate of drug-likeness (QED) is 0.656. The first kappa shape index (κ1) is 9.51. The molecule has 0 unspecified atom stereocenters. The van der Waals surface area contributed by atoms with E-state index in [1.807, 2.05) is 0 Å². The highest BCUT2D eigenvalue weighted by Gasteiger charge is 2.65. The summed E-state index contributed by atoms with van der Waals surface area (Å²) in [7, 11) is 0. The molecular formula is C12H23N. The molecule has 2 saturated heterocycles. The zero-order valence-electron chi connectivity index (χ0n) is 9.70. The fraction of sp³-hybridized carbons (Fsp3) is 1.00. The van der Waals surface area contributed by atoms with Crippen LogP contribution in [0.5, 0.6) is 0 Å². The van der Waals surface area contributed by atoms with Gasteiger partial charge in [0.05, 0.1) is 0 Å². The van der Waals surface area contributed by atoms with Crippen LogP contribution in [0, 0.1) is 16.7 Å². The molecule has 1 heteroatoms. The number of hydrogen-bond donors (Lipinski definition) is 1. The molecule has 0 amide bonds. The van der Waals surface area contributed by atoms with Crippen LogP contribution in [0.3, 0.4) is 0 Å². The van der Waals surface area contributed by atoms with E-state index in [2.05, 4.69) is 39.9 Å². The molecule has 13 heavy (non-hydrogen) atoms. The van der Waals surface area contributed by atoms with E-state index in [-0.39, 0.29) is 0 Å². The Morgan fingerprint density at radius 1 is 1.15 bits per heavy atom. The van der Waals surface area contributed by atoms with Crippen molar-refractivity contribution in [2.75, 3.05) is 6.54 Å². The molecular weight excluding hydrogens is 158 g/mol. The average Bonchev–Trinajstić information content (AvgIpc) is 2.34. The standard InChI is InChI=1S/C12H23N/c1-9(2)12-6-11(7-12,8-13-12)10(3,4)5/h9,13H,6-8H2,1-5H3. The van der Waals surface area contributed by atoms with E-state index in [9.17, 15) is 0 Å². The third-order valence-corrected chi connectivity index (χ3v) is 4.78. The predicted molar refractivity (Wildman–Crippen MR) is 56.7 cm³/mol. The molecule has 2 aliphatic heterocycles. The van der Waals surface area contributed by atoms with Gasteiger partial charge < -0.3 is 5.32 Å². The van der Waals surface area contributed by atoms with Crippen molar-refractivity contribution in [1.29, 1.82) is 0 Å². The van der Waals surface area contributed by atoms with E-state index < -0.39 is 0 Å². The van der Waals surface area contributed by atoms with Gasteiger partial charge in [-0.15, -0.1) is 0 Å². The lowest BCUT2D eigenvalue weighted by atomic mass is 9.49. The van der Waals surface area contributed by atoms with Crippen molar-refractivity contribution in [3.63, 3.8) is 0 Å². The molecule has 3 fully saturated rings. The normalized spacial score (nSPS) is 43.8. The van der Waals surface area contributed by atoms with Gasteiger partial charge in [0, 0.05) is 12.1 Å². The molecule has 3 aliphatic rings. The van der Waals surface area contributed by atoms with E-state index in [0.29, 0.717) is 16.4 Å². The summed E-state index contributed by atoms with van der Waals surface area (Å²) in [6.45, 7) is 13.1. The van der Waals surface area contributed by atoms with Crippen molar-refractivity contribution >= 4 is 0 Å². The lowest BCUT2D eigenvalue weighted by Gasteiger charge is -2.55. The van der Waals surface area contributed by atoms with Crippen LogP contribution in [0.2, 0.25) is 0 Å². The Kier molecular flexibility index (Phi) is 1.69. The fourth-order valence-electron chi connectivity index (χ4n) is 3.16. The van der Waals surface area contributed by atoms with Gasteiger partial charge in [0.2, 0.25) is 0 Å². The lowest BCUT2D eigenvalue weighted by Crippen LogP contribution is -2.55. The molecule has 1 saturated carbocycles. The molecule has 1 N–H and O–H groups in total. The van der Waals surface area contributed by atoms with E-state index >= 15 is 0 Å². The van der Waals surface area contributed by atoms with Gasteiger partial charge in [-0.1, -0.05) is 34.6 Å². The van der Waals surface area contributed by atoms with Crippen LogP contribution in [0.4, 0.5) is 0 Å². The van der Waals surface area contributed by atoms with Gasteiger partial charge in [0.25, 0.3) is 0 Å². The Hall–Kier alpha value is -0.0400. The highest BCUT2D eigenvalue weighted by Crippen LogP contribution is 2.64. The van der Waals surface area contributed by atoms with Crippen LogP contribution < -0.4 is 5.32 Å². The molecule has 0 spiro atoms. The van der Waals surface area contributed by atoms with Crippen LogP contribution in [0.25, 0.3) is 0 Å². The minimum absolute atomic E-state index is 0.481. The second-order valence-corrected chi connectivity index (χ2v) is 6.55. The molecule has 0 aromatic rings. The number of rotatable bonds is 1. The molecule has 1 nitrogen and oxygen atoms in total. The SMILES string of the molecule is CC(C)C12CC(C(C)(C)C)(CN1)C2. The van der Waals surface area contributed by atoms with Gasteiger partial charge in [-0.25, -0.2) is 0 Å². The number of hydrogen-bond acceptors (Lipinski definition) is 1. The van der Waals surface area contributed by atoms with Gasteiger partial charge >= 0.3 is 0 Å². The van der Waals surface area contributed by atoms with Crippen LogP contribution in [0.1, 0.15) is 47.5 Å². The van der Waals surface area contributed by atoms with Crippen LogP contribution in [-0.4, -0.2) is 12.1 Å². The van der Waals surface area contributed by atoms with Crippen LogP contribution >= 0.6 is 0 Å². The summed E-state index contributed by atoms with van der Waals surface area (Å²) in [6, 6.07) is 0. The second kappa shape index (κ2) is 2.31. The topological polar surface area (TPSA) is 12.0 Å².